The Kier molecular flexibility index (Phi) is 5.46. The molecule has 1 N–H and O–H groups in total. The first kappa shape index (κ1) is 17.5. The Morgan fingerprint density at radius 3 is 1.58 bits per heavy atom. The number of rotatable bonds is 6. The van der Waals surface area contributed by atoms with Crippen LogP contribution in [0.4, 0.5) is 0 Å². The van der Waals surface area contributed by atoms with E-state index in [1.165, 1.54) is 0 Å². The van der Waals surface area contributed by atoms with Gasteiger partial charge in [-0.25, -0.2) is 4.99 Å². The van der Waals surface area contributed by atoms with Gasteiger partial charge < -0.3 is 5.11 Å². The first-order valence-electron chi connectivity index (χ1n) is 8.17. The van der Waals surface area contributed by atoms with E-state index in [0.717, 1.165) is 0 Å². The quantitative estimate of drug-likeness (QED) is 0.550. The number of hydrogen-bond acceptors (Lipinski definition) is 4. The normalized spacial score (nSPS) is 12.4. The fourth-order valence-electron chi connectivity index (χ4n) is 2.52. The van der Waals surface area contributed by atoms with Gasteiger partial charge in [-0.15, -0.1) is 0 Å². The fraction of sp³-hybridized carbons (Fsp3) is 0.0455. The Balaban J connectivity index is 1.99. The number of Topliss-reactive ketones (excluding diaryl/α,β-unsaturated/α-hetero) is 2. The summed E-state index contributed by atoms with van der Waals surface area (Å²) in [7, 11) is 0. The summed E-state index contributed by atoms with van der Waals surface area (Å²) in [4.78, 5) is 29.4. The van der Waals surface area contributed by atoms with Gasteiger partial charge in [-0.3, -0.25) is 9.59 Å². The minimum Gasteiger partial charge on any atom is -0.365 e. The second-order valence-corrected chi connectivity index (χ2v) is 5.64. The molecule has 0 saturated heterocycles. The molecule has 3 aromatic rings. The molecule has 0 aliphatic rings. The van der Waals surface area contributed by atoms with Crippen molar-refractivity contribution in [3.05, 3.63) is 108 Å². The minimum atomic E-state index is -1.65. The van der Waals surface area contributed by atoms with Crippen LogP contribution in [0.2, 0.25) is 0 Å². The van der Waals surface area contributed by atoms with E-state index in [-0.39, 0.29) is 11.5 Å². The van der Waals surface area contributed by atoms with Crippen LogP contribution in [-0.2, 0) is 0 Å². The average molecular weight is 343 g/mol. The number of aliphatic imine (C=N–C) groups is 1. The van der Waals surface area contributed by atoms with Crippen LogP contribution in [0.3, 0.4) is 0 Å². The number of benzene rings is 3. The highest BCUT2D eigenvalue weighted by Gasteiger charge is 2.21. The molecule has 0 spiro atoms. The van der Waals surface area contributed by atoms with E-state index in [1.54, 1.807) is 78.9 Å². The van der Waals surface area contributed by atoms with Crippen molar-refractivity contribution in [2.75, 3.05) is 0 Å². The van der Waals surface area contributed by atoms with E-state index >= 15 is 0 Å². The Labute approximate surface area is 151 Å². The standard InChI is InChI=1S/C22H17NO3/c24-20(17-12-6-2-7-13-17)19(16-10-4-1-5-11-16)23-22(26)21(25)18-14-8-3-9-15-18/h1-15,22,26H/b23-19-. The van der Waals surface area contributed by atoms with E-state index in [2.05, 4.69) is 4.99 Å². The molecular weight excluding hydrogens is 326 g/mol. The maximum Gasteiger partial charge on any atom is 0.213 e. The Hall–Kier alpha value is -3.37. The van der Waals surface area contributed by atoms with Crippen LogP contribution in [-0.4, -0.2) is 28.6 Å². The molecule has 0 saturated carbocycles. The summed E-state index contributed by atoms with van der Waals surface area (Å²) >= 11 is 0. The predicted octanol–water partition coefficient (Wildman–Crippen LogP) is 3.56. The third-order valence-electron chi connectivity index (χ3n) is 3.84. The molecule has 128 valence electrons. The molecule has 26 heavy (non-hydrogen) atoms. The van der Waals surface area contributed by atoms with E-state index in [4.69, 9.17) is 0 Å². The molecule has 1 unspecified atom stereocenters. The van der Waals surface area contributed by atoms with Gasteiger partial charge in [-0.2, -0.15) is 0 Å². The first-order chi connectivity index (χ1) is 12.7. The van der Waals surface area contributed by atoms with Crippen LogP contribution >= 0.6 is 0 Å². The highest BCUT2D eigenvalue weighted by Crippen LogP contribution is 2.12. The summed E-state index contributed by atoms with van der Waals surface area (Å²) in [6.45, 7) is 0. The van der Waals surface area contributed by atoms with Gasteiger partial charge in [0, 0.05) is 16.7 Å². The smallest absolute Gasteiger partial charge is 0.213 e. The fourth-order valence-corrected chi connectivity index (χ4v) is 2.52. The molecule has 4 heteroatoms. The summed E-state index contributed by atoms with van der Waals surface area (Å²) in [6.07, 6.45) is -1.65. The molecule has 0 radical (unpaired) electrons. The second-order valence-electron chi connectivity index (χ2n) is 5.64. The van der Waals surface area contributed by atoms with Crippen molar-refractivity contribution < 1.29 is 14.7 Å². The number of nitrogens with zero attached hydrogens (tertiary/aromatic N) is 1. The number of aliphatic hydroxyl groups is 1. The van der Waals surface area contributed by atoms with E-state index in [9.17, 15) is 14.7 Å². The molecule has 0 aliphatic heterocycles. The van der Waals surface area contributed by atoms with Crippen molar-refractivity contribution >= 4 is 17.3 Å². The zero-order chi connectivity index (χ0) is 18.4. The molecule has 3 rings (SSSR count). The Bertz CT molecular complexity index is 919. The van der Waals surface area contributed by atoms with Gasteiger partial charge in [-0.05, 0) is 0 Å². The van der Waals surface area contributed by atoms with Crippen molar-refractivity contribution in [1.82, 2.24) is 0 Å². The maximum atomic E-state index is 12.9. The number of carbonyl (C=O) groups is 2. The predicted molar refractivity (Wildman–Crippen MR) is 101 cm³/mol. The van der Waals surface area contributed by atoms with Gasteiger partial charge in [0.25, 0.3) is 0 Å². The summed E-state index contributed by atoms with van der Waals surface area (Å²) in [5, 5.41) is 10.3. The van der Waals surface area contributed by atoms with Gasteiger partial charge in [0.15, 0.2) is 0 Å². The number of carbonyl (C=O) groups excluding carboxylic acids is 2. The van der Waals surface area contributed by atoms with Crippen molar-refractivity contribution in [3.63, 3.8) is 0 Å². The zero-order valence-corrected chi connectivity index (χ0v) is 13.9. The van der Waals surface area contributed by atoms with Crippen LogP contribution in [0.15, 0.2) is 96.0 Å². The maximum absolute atomic E-state index is 12.9. The molecule has 1 atom stereocenters. The number of aliphatic hydroxyl groups excluding tert-OH is 1. The molecule has 0 bridgehead atoms. The van der Waals surface area contributed by atoms with Gasteiger partial charge in [0.2, 0.25) is 17.8 Å². The molecule has 0 heterocycles. The van der Waals surface area contributed by atoms with E-state index in [0.29, 0.717) is 16.7 Å². The summed E-state index contributed by atoms with van der Waals surface area (Å²) in [6, 6.07) is 25.9. The van der Waals surface area contributed by atoms with Crippen LogP contribution in [0.25, 0.3) is 0 Å². The highest BCUT2D eigenvalue weighted by atomic mass is 16.3. The van der Waals surface area contributed by atoms with Crippen LogP contribution < -0.4 is 0 Å². The van der Waals surface area contributed by atoms with Crippen LogP contribution in [0, 0.1) is 0 Å². The zero-order valence-electron chi connectivity index (χ0n) is 13.9. The van der Waals surface area contributed by atoms with E-state index in [1.807, 2.05) is 12.1 Å². The van der Waals surface area contributed by atoms with Gasteiger partial charge in [-0.1, -0.05) is 91.0 Å². The molecule has 3 aromatic carbocycles. The molecule has 0 aromatic heterocycles. The Morgan fingerprint density at radius 1 is 0.654 bits per heavy atom. The molecule has 0 amide bonds. The minimum absolute atomic E-state index is 0.0496. The van der Waals surface area contributed by atoms with Crippen molar-refractivity contribution in [1.29, 1.82) is 0 Å². The topological polar surface area (TPSA) is 66.7 Å². The van der Waals surface area contributed by atoms with Gasteiger partial charge in [0.05, 0.1) is 0 Å². The number of ketones is 2. The monoisotopic (exact) mass is 343 g/mol. The summed E-state index contributed by atoms with van der Waals surface area (Å²) in [5.74, 6) is -0.906. The largest absolute Gasteiger partial charge is 0.365 e. The number of hydrogen-bond donors (Lipinski definition) is 1. The van der Waals surface area contributed by atoms with Crippen molar-refractivity contribution in [3.8, 4) is 0 Å². The lowest BCUT2D eigenvalue weighted by molar-refractivity contribution is 0.0763. The highest BCUT2D eigenvalue weighted by molar-refractivity contribution is 6.51. The first-order valence-corrected chi connectivity index (χ1v) is 8.17. The van der Waals surface area contributed by atoms with Crippen molar-refractivity contribution in [2.24, 2.45) is 4.99 Å². The van der Waals surface area contributed by atoms with Gasteiger partial charge in [0.1, 0.15) is 5.71 Å². The third-order valence-corrected chi connectivity index (χ3v) is 3.84. The average Bonchev–Trinajstić information content (AvgIpc) is 2.72. The lowest BCUT2D eigenvalue weighted by atomic mass is 10.0. The van der Waals surface area contributed by atoms with E-state index < -0.39 is 12.0 Å². The molecule has 4 nitrogen and oxygen atoms in total. The van der Waals surface area contributed by atoms with Crippen molar-refractivity contribution in [2.45, 2.75) is 6.23 Å². The Morgan fingerprint density at radius 2 is 1.08 bits per heavy atom. The lowest BCUT2D eigenvalue weighted by Crippen LogP contribution is -2.24. The molecule has 0 aliphatic carbocycles. The van der Waals surface area contributed by atoms with Crippen LogP contribution in [0.1, 0.15) is 26.3 Å². The molecule has 0 fully saturated rings. The summed E-state index contributed by atoms with van der Waals surface area (Å²) in [5.41, 5.74) is 1.37. The third kappa shape index (κ3) is 3.99. The SMILES string of the molecule is O=C(/C(=N\C(O)C(=O)c1ccccc1)c1ccccc1)c1ccccc1. The van der Waals surface area contributed by atoms with Crippen LogP contribution in [0.5, 0.6) is 0 Å². The summed E-state index contributed by atoms with van der Waals surface area (Å²) < 4.78 is 0. The molecular formula is C22H17NO3. The second kappa shape index (κ2) is 8.14. The lowest BCUT2D eigenvalue weighted by Gasteiger charge is -2.10. The van der Waals surface area contributed by atoms with Gasteiger partial charge >= 0.3 is 0 Å².